The van der Waals surface area contributed by atoms with Gasteiger partial charge in [0.2, 0.25) is 5.91 Å². The van der Waals surface area contributed by atoms with E-state index in [1.807, 2.05) is 61.5 Å². The highest BCUT2D eigenvalue weighted by Gasteiger charge is 2.28. The number of hydrogen-bond acceptors (Lipinski definition) is 3. The maximum Gasteiger partial charge on any atom is 0.295 e. The standard InChI is InChI=1S/C21H21N3O3/c1-14-19(21(26)24(23(14)2)17-9-4-3-5-10-17)22-20(25)16-12-15-8-6-7-11-18(15)27-13-16/h3-11,16H,12-13H2,1-2H3,(H,22,25). The van der Waals surface area contributed by atoms with E-state index in [9.17, 15) is 9.59 Å². The summed E-state index contributed by atoms with van der Waals surface area (Å²) in [5.74, 6) is 0.295. The third-order valence-corrected chi connectivity index (χ3v) is 5.05. The van der Waals surface area contributed by atoms with Crippen LogP contribution < -0.4 is 15.6 Å². The van der Waals surface area contributed by atoms with Crippen molar-refractivity contribution in [3.8, 4) is 11.4 Å². The molecule has 6 nitrogen and oxygen atoms in total. The largest absolute Gasteiger partial charge is 0.492 e. The lowest BCUT2D eigenvalue weighted by atomic mass is 9.96. The minimum atomic E-state index is -0.330. The molecule has 1 aliphatic heterocycles. The van der Waals surface area contributed by atoms with E-state index in [-0.39, 0.29) is 17.4 Å². The van der Waals surface area contributed by atoms with Crippen LogP contribution in [0.4, 0.5) is 5.69 Å². The van der Waals surface area contributed by atoms with Gasteiger partial charge < -0.3 is 10.1 Å². The molecule has 0 saturated heterocycles. The molecule has 0 saturated carbocycles. The van der Waals surface area contributed by atoms with Gasteiger partial charge in [-0.25, -0.2) is 4.68 Å². The molecule has 0 bridgehead atoms. The number of amides is 1. The van der Waals surface area contributed by atoms with Crippen molar-refractivity contribution in [1.29, 1.82) is 0 Å². The first-order valence-electron chi connectivity index (χ1n) is 8.92. The Labute approximate surface area is 157 Å². The predicted molar refractivity (Wildman–Crippen MR) is 104 cm³/mol. The van der Waals surface area contributed by atoms with Crippen LogP contribution in [0.3, 0.4) is 0 Å². The highest BCUT2D eigenvalue weighted by Crippen LogP contribution is 2.27. The Morgan fingerprint density at radius 3 is 2.59 bits per heavy atom. The molecule has 6 heteroatoms. The van der Waals surface area contributed by atoms with Crippen LogP contribution in [0.2, 0.25) is 0 Å². The molecule has 0 fully saturated rings. The molecular formula is C21H21N3O3. The van der Waals surface area contributed by atoms with Crippen LogP contribution in [0, 0.1) is 12.8 Å². The monoisotopic (exact) mass is 363 g/mol. The highest BCUT2D eigenvalue weighted by molar-refractivity contribution is 5.93. The number of ether oxygens (including phenoxy) is 1. The van der Waals surface area contributed by atoms with E-state index in [0.717, 1.165) is 17.0 Å². The molecule has 0 spiro atoms. The van der Waals surface area contributed by atoms with Gasteiger partial charge in [0.1, 0.15) is 18.0 Å². The molecule has 3 aromatic rings. The Kier molecular flexibility index (Phi) is 4.32. The molecule has 1 amide bonds. The summed E-state index contributed by atoms with van der Waals surface area (Å²) < 4.78 is 9.01. The average Bonchev–Trinajstić information content (AvgIpc) is 2.91. The van der Waals surface area contributed by atoms with Gasteiger partial charge in [-0.2, -0.15) is 0 Å². The van der Waals surface area contributed by atoms with Crippen molar-refractivity contribution in [3.63, 3.8) is 0 Å². The summed E-state index contributed by atoms with van der Waals surface area (Å²) in [6.45, 7) is 2.13. The minimum absolute atomic E-state index is 0.199. The molecule has 1 atom stereocenters. The first-order chi connectivity index (χ1) is 13.1. The van der Waals surface area contributed by atoms with Crippen molar-refractivity contribution in [2.45, 2.75) is 13.3 Å². The van der Waals surface area contributed by atoms with Crippen LogP contribution in [0.1, 0.15) is 11.3 Å². The summed E-state index contributed by atoms with van der Waals surface area (Å²) in [4.78, 5) is 25.7. The summed E-state index contributed by atoms with van der Waals surface area (Å²) >= 11 is 0. The van der Waals surface area contributed by atoms with E-state index in [1.54, 1.807) is 16.4 Å². The van der Waals surface area contributed by atoms with Crippen molar-refractivity contribution < 1.29 is 9.53 Å². The van der Waals surface area contributed by atoms with Crippen LogP contribution in [-0.4, -0.2) is 21.9 Å². The van der Waals surface area contributed by atoms with Gasteiger partial charge in [-0.15, -0.1) is 0 Å². The predicted octanol–water partition coefficient (Wildman–Crippen LogP) is 2.67. The maximum absolute atomic E-state index is 12.9. The van der Waals surface area contributed by atoms with E-state index in [2.05, 4.69) is 5.32 Å². The van der Waals surface area contributed by atoms with Gasteiger partial charge >= 0.3 is 0 Å². The van der Waals surface area contributed by atoms with E-state index in [4.69, 9.17) is 4.74 Å². The van der Waals surface area contributed by atoms with Crippen molar-refractivity contribution in [2.24, 2.45) is 13.0 Å². The number of para-hydroxylation sites is 2. The molecule has 0 radical (unpaired) electrons. The summed E-state index contributed by atoms with van der Waals surface area (Å²) in [7, 11) is 1.80. The van der Waals surface area contributed by atoms with Gasteiger partial charge in [0.05, 0.1) is 17.3 Å². The number of hydrogen-bond donors (Lipinski definition) is 1. The number of rotatable bonds is 3. The topological polar surface area (TPSA) is 65.3 Å². The van der Waals surface area contributed by atoms with E-state index < -0.39 is 0 Å². The number of nitrogens with zero attached hydrogens (tertiary/aromatic N) is 2. The van der Waals surface area contributed by atoms with Crippen molar-refractivity contribution in [2.75, 3.05) is 11.9 Å². The molecule has 1 aromatic heterocycles. The van der Waals surface area contributed by atoms with Crippen LogP contribution >= 0.6 is 0 Å². The smallest absolute Gasteiger partial charge is 0.295 e. The molecule has 4 rings (SSSR count). The highest BCUT2D eigenvalue weighted by atomic mass is 16.5. The molecule has 1 unspecified atom stereocenters. The normalized spacial score (nSPS) is 15.7. The lowest BCUT2D eigenvalue weighted by Crippen LogP contribution is -2.34. The molecule has 1 aliphatic rings. The van der Waals surface area contributed by atoms with E-state index in [1.165, 1.54) is 0 Å². The molecule has 0 aliphatic carbocycles. The molecule has 1 N–H and O–H groups in total. The molecule has 27 heavy (non-hydrogen) atoms. The van der Waals surface area contributed by atoms with Gasteiger partial charge in [0.15, 0.2) is 0 Å². The number of anilines is 1. The Balaban J connectivity index is 1.60. The number of carbonyl (C=O) groups is 1. The Morgan fingerprint density at radius 1 is 1.11 bits per heavy atom. The van der Waals surface area contributed by atoms with Gasteiger partial charge in [0, 0.05) is 7.05 Å². The van der Waals surface area contributed by atoms with Gasteiger partial charge in [-0.05, 0) is 37.1 Å². The summed E-state index contributed by atoms with van der Waals surface area (Å²) in [6, 6.07) is 17.1. The Morgan fingerprint density at radius 2 is 1.81 bits per heavy atom. The van der Waals surface area contributed by atoms with Gasteiger partial charge in [-0.1, -0.05) is 36.4 Å². The Hall–Kier alpha value is -3.28. The van der Waals surface area contributed by atoms with Crippen LogP contribution in [0.25, 0.3) is 5.69 Å². The third kappa shape index (κ3) is 3.03. The molecule has 2 heterocycles. The zero-order valence-electron chi connectivity index (χ0n) is 15.3. The minimum Gasteiger partial charge on any atom is -0.492 e. The van der Waals surface area contributed by atoms with Crippen molar-refractivity contribution in [1.82, 2.24) is 9.36 Å². The second-order valence-electron chi connectivity index (χ2n) is 6.75. The number of carbonyl (C=O) groups excluding carboxylic acids is 1. The average molecular weight is 363 g/mol. The van der Waals surface area contributed by atoms with E-state index >= 15 is 0 Å². The van der Waals surface area contributed by atoms with Crippen LogP contribution in [0.5, 0.6) is 5.75 Å². The molecular weight excluding hydrogens is 342 g/mol. The Bertz CT molecular complexity index is 1050. The summed E-state index contributed by atoms with van der Waals surface area (Å²) in [5, 5.41) is 2.84. The number of benzene rings is 2. The fraction of sp³-hybridized carbons (Fsp3) is 0.238. The molecule has 138 valence electrons. The first-order valence-corrected chi connectivity index (χ1v) is 8.92. The van der Waals surface area contributed by atoms with Gasteiger partial charge in [-0.3, -0.25) is 14.3 Å². The van der Waals surface area contributed by atoms with Gasteiger partial charge in [0.25, 0.3) is 5.56 Å². The third-order valence-electron chi connectivity index (χ3n) is 5.05. The maximum atomic E-state index is 12.9. The summed E-state index contributed by atoms with van der Waals surface area (Å²) in [5.41, 5.74) is 2.53. The lowest BCUT2D eigenvalue weighted by molar-refractivity contribution is -0.121. The second kappa shape index (κ2) is 6.79. The van der Waals surface area contributed by atoms with Crippen molar-refractivity contribution in [3.05, 3.63) is 76.2 Å². The SMILES string of the molecule is Cc1c(NC(=O)C2COc3ccccc3C2)c(=O)n(-c2ccccc2)n1C. The summed E-state index contributed by atoms with van der Waals surface area (Å²) in [6.07, 6.45) is 0.598. The fourth-order valence-corrected chi connectivity index (χ4v) is 3.43. The van der Waals surface area contributed by atoms with E-state index in [0.29, 0.717) is 24.4 Å². The van der Waals surface area contributed by atoms with Crippen LogP contribution in [0.15, 0.2) is 59.4 Å². The fourth-order valence-electron chi connectivity index (χ4n) is 3.43. The number of nitrogens with one attached hydrogen (secondary N) is 1. The lowest BCUT2D eigenvalue weighted by Gasteiger charge is -2.24. The quantitative estimate of drug-likeness (QED) is 0.778. The van der Waals surface area contributed by atoms with Crippen molar-refractivity contribution >= 4 is 11.6 Å². The number of fused-ring (bicyclic) bond motifs is 1. The van der Waals surface area contributed by atoms with Crippen LogP contribution in [-0.2, 0) is 18.3 Å². The molecule has 2 aromatic carbocycles. The second-order valence-corrected chi connectivity index (χ2v) is 6.75. The first kappa shape index (κ1) is 17.1. The zero-order valence-corrected chi connectivity index (χ0v) is 15.3. The number of aromatic nitrogens is 2. The zero-order chi connectivity index (χ0) is 19.0.